The molecule has 110 valence electrons. The van der Waals surface area contributed by atoms with Gasteiger partial charge < -0.3 is 15.2 Å². The molecular formula is C15H13ClFNO3. The van der Waals surface area contributed by atoms with Crippen LogP contribution in [0.25, 0.3) is 0 Å². The summed E-state index contributed by atoms with van der Waals surface area (Å²) in [5.41, 5.74) is 1.24. The minimum atomic E-state index is -0.544. The first kappa shape index (κ1) is 15.1. The van der Waals surface area contributed by atoms with Crippen molar-refractivity contribution in [3.05, 3.63) is 58.4 Å². The number of nitrogens with one attached hydrogen (secondary N) is 1. The molecule has 0 saturated carbocycles. The van der Waals surface area contributed by atoms with Gasteiger partial charge in [-0.05, 0) is 36.4 Å². The molecule has 0 aromatic heterocycles. The van der Waals surface area contributed by atoms with E-state index in [0.29, 0.717) is 11.3 Å². The zero-order valence-corrected chi connectivity index (χ0v) is 11.9. The van der Waals surface area contributed by atoms with Gasteiger partial charge in [0.15, 0.2) is 0 Å². The molecule has 0 aliphatic heterocycles. The van der Waals surface area contributed by atoms with Crippen LogP contribution in [0.1, 0.15) is 15.9 Å². The Balaban J connectivity index is 2.17. The summed E-state index contributed by atoms with van der Waals surface area (Å²) >= 11 is 5.91. The number of anilines is 1. The van der Waals surface area contributed by atoms with Crippen molar-refractivity contribution in [3.8, 4) is 5.75 Å². The molecule has 0 fully saturated rings. The second-order valence-corrected chi connectivity index (χ2v) is 4.72. The van der Waals surface area contributed by atoms with Gasteiger partial charge >= 0.3 is 5.97 Å². The number of aromatic hydroxyl groups is 1. The first-order valence-electron chi connectivity index (χ1n) is 6.10. The molecule has 0 heterocycles. The summed E-state index contributed by atoms with van der Waals surface area (Å²) in [7, 11) is 1.27. The van der Waals surface area contributed by atoms with Crippen LogP contribution in [-0.4, -0.2) is 18.2 Å². The van der Waals surface area contributed by atoms with E-state index in [-0.39, 0.29) is 22.9 Å². The van der Waals surface area contributed by atoms with Crippen molar-refractivity contribution in [3.63, 3.8) is 0 Å². The van der Waals surface area contributed by atoms with Crippen molar-refractivity contribution in [2.75, 3.05) is 12.4 Å². The van der Waals surface area contributed by atoms with Gasteiger partial charge in [-0.2, -0.15) is 0 Å². The van der Waals surface area contributed by atoms with Crippen molar-refractivity contribution in [2.24, 2.45) is 0 Å². The molecule has 2 aromatic carbocycles. The number of phenolic OH excluding ortho intramolecular Hbond substituents is 1. The Labute approximate surface area is 126 Å². The average Bonchev–Trinajstić information content (AvgIpc) is 2.48. The highest BCUT2D eigenvalue weighted by Gasteiger charge is 2.11. The van der Waals surface area contributed by atoms with Gasteiger partial charge in [0.1, 0.15) is 11.6 Å². The minimum absolute atomic E-state index is 0.00828. The number of rotatable bonds is 4. The van der Waals surface area contributed by atoms with Gasteiger partial charge in [0.05, 0.1) is 17.7 Å². The van der Waals surface area contributed by atoms with Gasteiger partial charge in [-0.25, -0.2) is 9.18 Å². The van der Waals surface area contributed by atoms with Crippen LogP contribution < -0.4 is 5.32 Å². The molecule has 21 heavy (non-hydrogen) atoms. The summed E-state index contributed by atoms with van der Waals surface area (Å²) < 4.78 is 17.8. The van der Waals surface area contributed by atoms with Gasteiger partial charge in [0.25, 0.3) is 0 Å². The van der Waals surface area contributed by atoms with Crippen LogP contribution in [-0.2, 0) is 11.3 Å². The third-order valence-corrected chi connectivity index (χ3v) is 3.23. The number of carbonyl (C=O) groups is 1. The van der Waals surface area contributed by atoms with Crippen LogP contribution in [0, 0.1) is 5.82 Å². The van der Waals surface area contributed by atoms with Crippen LogP contribution in [0.5, 0.6) is 5.75 Å². The standard InChI is InChI=1S/C15H13ClFNO3/c1-21-15(20)12-7-11(3-4-13(12)16)18-8-9-6-10(17)2-5-14(9)19/h2-7,18-19H,8H2,1H3. The molecule has 0 aliphatic rings. The van der Waals surface area contributed by atoms with Crippen molar-refractivity contribution in [2.45, 2.75) is 6.54 Å². The second-order valence-electron chi connectivity index (χ2n) is 4.31. The molecule has 0 saturated heterocycles. The highest BCUT2D eigenvalue weighted by Crippen LogP contribution is 2.23. The SMILES string of the molecule is COC(=O)c1cc(NCc2cc(F)ccc2O)ccc1Cl. The molecule has 0 atom stereocenters. The topological polar surface area (TPSA) is 58.6 Å². The number of methoxy groups -OCH3 is 1. The maximum Gasteiger partial charge on any atom is 0.339 e. The predicted molar refractivity (Wildman–Crippen MR) is 78.2 cm³/mol. The predicted octanol–water partition coefficient (Wildman–Crippen LogP) is 3.58. The van der Waals surface area contributed by atoms with Crippen LogP contribution in [0.4, 0.5) is 10.1 Å². The molecule has 6 heteroatoms. The zero-order valence-electron chi connectivity index (χ0n) is 11.2. The maximum absolute atomic E-state index is 13.1. The van der Waals surface area contributed by atoms with E-state index in [1.165, 1.54) is 31.4 Å². The number of esters is 1. The number of phenols is 1. The van der Waals surface area contributed by atoms with Crippen LogP contribution in [0.3, 0.4) is 0 Å². The summed E-state index contributed by atoms with van der Waals surface area (Å²) in [6.45, 7) is 0.200. The van der Waals surface area contributed by atoms with Gasteiger partial charge in [-0.1, -0.05) is 11.6 Å². The van der Waals surface area contributed by atoms with Crippen LogP contribution in [0.15, 0.2) is 36.4 Å². The summed E-state index contributed by atoms with van der Waals surface area (Å²) in [5.74, 6) is -0.987. The Morgan fingerprint density at radius 3 is 2.81 bits per heavy atom. The smallest absolute Gasteiger partial charge is 0.339 e. The Kier molecular flexibility index (Phi) is 4.65. The first-order chi connectivity index (χ1) is 10.0. The van der Waals surface area contributed by atoms with E-state index in [1.807, 2.05) is 0 Å². The van der Waals surface area contributed by atoms with E-state index in [4.69, 9.17) is 11.6 Å². The fourth-order valence-electron chi connectivity index (χ4n) is 1.79. The number of carbonyl (C=O) groups excluding carboxylic acids is 1. The van der Waals surface area contributed by atoms with Crippen LogP contribution >= 0.6 is 11.6 Å². The fourth-order valence-corrected chi connectivity index (χ4v) is 1.99. The van der Waals surface area contributed by atoms with Gasteiger partial charge in [-0.15, -0.1) is 0 Å². The fraction of sp³-hybridized carbons (Fsp3) is 0.133. The normalized spacial score (nSPS) is 10.2. The lowest BCUT2D eigenvalue weighted by molar-refractivity contribution is 0.0601. The van der Waals surface area contributed by atoms with Gasteiger partial charge in [0.2, 0.25) is 0 Å². The number of halogens is 2. The summed E-state index contributed by atoms with van der Waals surface area (Å²) in [6.07, 6.45) is 0. The summed E-state index contributed by atoms with van der Waals surface area (Å²) in [5, 5.41) is 12.9. The summed E-state index contributed by atoms with van der Waals surface area (Å²) in [6, 6.07) is 8.46. The van der Waals surface area contributed by atoms with Crippen molar-refractivity contribution >= 4 is 23.3 Å². The molecule has 2 N–H and O–H groups in total. The van der Waals surface area contributed by atoms with Crippen molar-refractivity contribution < 1.29 is 19.0 Å². The van der Waals surface area contributed by atoms with E-state index >= 15 is 0 Å². The minimum Gasteiger partial charge on any atom is -0.508 e. The molecule has 0 spiro atoms. The molecule has 0 amide bonds. The summed E-state index contributed by atoms with van der Waals surface area (Å²) in [4.78, 5) is 11.5. The molecule has 2 aromatic rings. The third kappa shape index (κ3) is 3.64. The monoisotopic (exact) mass is 309 g/mol. The number of hydrogen-bond acceptors (Lipinski definition) is 4. The number of benzene rings is 2. The third-order valence-electron chi connectivity index (χ3n) is 2.90. The maximum atomic E-state index is 13.1. The lowest BCUT2D eigenvalue weighted by Crippen LogP contribution is -2.05. The van der Waals surface area contributed by atoms with E-state index < -0.39 is 11.8 Å². The molecule has 4 nitrogen and oxygen atoms in total. The largest absolute Gasteiger partial charge is 0.508 e. The Bertz CT molecular complexity index is 676. The average molecular weight is 310 g/mol. The molecule has 2 rings (SSSR count). The van der Waals surface area contributed by atoms with Crippen molar-refractivity contribution in [1.82, 2.24) is 0 Å². The highest BCUT2D eigenvalue weighted by atomic mass is 35.5. The lowest BCUT2D eigenvalue weighted by Gasteiger charge is -2.10. The molecule has 0 bridgehead atoms. The Morgan fingerprint density at radius 2 is 2.10 bits per heavy atom. The number of hydrogen-bond donors (Lipinski definition) is 2. The molecular weight excluding hydrogens is 297 g/mol. The number of ether oxygens (including phenoxy) is 1. The van der Waals surface area contributed by atoms with E-state index in [0.717, 1.165) is 0 Å². The van der Waals surface area contributed by atoms with Gasteiger partial charge in [0, 0.05) is 17.8 Å². The Morgan fingerprint density at radius 1 is 1.33 bits per heavy atom. The van der Waals surface area contributed by atoms with Crippen molar-refractivity contribution in [1.29, 1.82) is 0 Å². The highest BCUT2D eigenvalue weighted by molar-refractivity contribution is 6.33. The first-order valence-corrected chi connectivity index (χ1v) is 6.48. The lowest BCUT2D eigenvalue weighted by atomic mass is 10.1. The van der Waals surface area contributed by atoms with Crippen LogP contribution in [0.2, 0.25) is 5.02 Å². The van der Waals surface area contributed by atoms with E-state index in [2.05, 4.69) is 10.1 Å². The van der Waals surface area contributed by atoms with Gasteiger partial charge in [-0.3, -0.25) is 0 Å². The molecule has 0 radical (unpaired) electrons. The van der Waals surface area contributed by atoms with E-state index in [1.54, 1.807) is 12.1 Å². The molecule has 0 unspecified atom stereocenters. The zero-order chi connectivity index (χ0) is 15.4. The molecule has 0 aliphatic carbocycles. The second kappa shape index (κ2) is 6.45. The van der Waals surface area contributed by atoms with E-state index in [9.17, 15) is 14.3 Å². The quantitative estimate of drug-likeness (QED) is 0.848. The Hall–Kier alpha value is -2.27.